The van der Waals surface area contributed by atoms with E-state index in [1.54, 1.807) is 12.3 Å². The van der Waals surface area contributed by atoms with Crippen molar-refractivity contribution in [3.8, 4) is 50.6 Å². The minimum atomic E-state index is -0.277. The van der Waals surface area contributed by atoms with Crippen LogP contribution in [0.2, 0.25) is 0 Å². The molecule has 11 rings (SSSR count). The molecule has 0 fully saturated rings. The Morgan fingerprint density at radius 2 is 1.33 bits per heavy atom. The number of nitrogens with zero attached hydrogens (tertiary/aromatic N) is 3. The zero-order valence-corrected chi connectivity index (χ0v) is 44.4. The molecule has 7 aromatic carbocycles. The number of fused-ring (bicyclic) bond motifs is 7. The average molecular weight is 1100 g/mol. The van der Waals surface area contributed by atoms with Gasteiger partial charge in [-0.05, 0) is 126 Å². The van der Waals surface area contributed by atoms with Gasteiger partial charge in [-0.2, -0.15) is 0 Å². The largest absolute Gasteiger partial charge is 0.501 e. The predicted molar refractivity (Wildman–Crippen MR) is 285 cm³/mol. The second-order valence-corrected chi connectivity index (χ2v) is 21.4. The summed E-state index contributed by atoms with van der Waals surface area (Å²) >= 11 is 0. The number of pyridine rings is 1. The minimum absolute atomic E-state index is 0. The number of benzene rings is 7. The van der Waals surface area contributed by atoms with Crippen LogP contribution in [0.5, 0.6) is 0 Å². The number of furan rings is 1. The summed E-state index contributed by atoms with van der Waals surface area (Å²) in [6, 6.07) is 56.8. The van der Waals surface area contributed by atoms with Crippen molar-refractivity contribution in [1.82, 2.24) is 14.5 Å². The molecule has 0 unspecified atom stereocenters. The predicted octanol–water partition coefficient (Wildman–Crippen LogP) is 17.5. The number of hydrogen-bond donors (Lipinski definition) is 0. The molecule has 0 saturated heterocycles. The van der Waals surface area contributed by atoms with E-state index in [0.29, 0.717) is 0 Å². The van der Waals surface area contributed by atoms with Crippen LogP contribution < -0.4 is 0 Å². The first-order chi connectivity index (χ1) is 32.9. The molecule has 355 valence electrons. The molecular weight excluding hydrogens is 1040 g/mol. The molecule has 10 aromatic rings. The van der Waals surface area contributed by atoms with Crippen molar-refractivity contribution in [2.45, 2.75) is 104 Å². The molecule has 0 aliphatic heterocycles. The monoisotopic (exact) mass is 1100 g/mol. The minimum Gasteiger partial charge on any atom is -0.501 e. The van der Waals surface area contributed by atoms with E-state index >= 15 is 0 Å². The van der Waals surface area contributed by atoms with Crippen LogP contribution in [0.25, 0.3) is 83.6 Å². The van der Waals surface area contributed by atoms with Crippen LogP contribution in [-0.2, 0) is 36.4 Å². The third kappa shape index (κ3) is 8.33. The Bertz CT molecular complexity index is 3540. The van der Waals surface area contributed by atoms with E-state index in [1.165, 1.54) is 67.9 Å². The summed E-state index contributed by atoms with van der Waals surface area (Å²) in [6.45, 7) is 25.3. The molecule has 0 atom stereocenters. The molecule has 70 heavy (non-hydrogen) atoms. The van der Waals surface area contributed by atoms with Crippen LogP contribution in [0, 0.1) is 17.9 Å². The smallest absolute Gasteiger partial charge is 0.120 e. The Hall–Kier alpha value is -6.46. The van der Waals surface area contributed by atoms with E-state index < -0.39 is 0 Å². The Morgan fingerprint density at radius 1 is 0.657 bits per heavy atom. The second-order valence-electron chi connectivity index (χ2n) is 21.4. The van der Waals surface area contributed by atoms with Gasteiger partial charge in [0.25, 0.3) is 0 Å². The van der Waals surface area contributed by atoms with Gasteiger partial charge in [0.2, 0.25) is 0 Å². The van der Waals surface area contributed by atoms with Gasteiger partial charge >= 0.3 is 0 Å². The number of aromatic nitrogens is 3. The van der Waals surface area contributed by atoms with E-state index in [-0.39, 0.29) is 54.0 Å². The molecule has 1 aliphatic carbocycles. The van der Waals surface area contributed by atoms with Gasteiger partial charge in [0.1, 0.15) is 5.58 Å². The first kappa shape index (κ1) is 48.6. The fraction of sp³-hybridized carbons (Fsp3) is 0.250. The molecule has 0 bridgehead atoms. The standard InChI is InChI=1S/C49H45N2O.C15H15FN.Ir/c1-29(2)38-26-32(31-24-25-34-33-16-9-11-20-40(33)48(5,6)49(7,8)41(34)28-31)27-39(30(3)4)45(38)51-43-22-13-12-21-42(43)50-47(51)37-19-15-18-36-35-17-10-14-23-44(35)52-46(36)37;1-15(2,3)12-8-9-17-14(10-12)11-4-6-13(16)7-5-11;/h9-18,20-30H,1-8H3;4,6-10H,1-3H3;/q2*-1;. The van der Waals surface area contributed by atoms with Gasteiger partial charge in [-0.1, -0.05) is 160 Å². The summed E-state index contributed by atoms with van der Waals surface area (Å²) in [5, 5.41) is 2.18. The van der Waals surface area contributed by atoms with Crippen LogP contribution in [0.15, 0.2) is 156 Å². The number of halogens is 1. The number of para-hydroxylation sites is 3. The van der Waals surface area contributed by atoms with Crippen molar-refractivity contribution < 1.29 is 28.9 Å². The molecule has 0 N–H and O–H groups in total. The maximum Gasteiger partial charge on any atom is 0.120 e. The molecule has 1 aliphatic rings. The Balaban J connectivity index is 0.000000286. The molecule has 0 amide bonds. The zero-order valence-electron chi connectivity index (χ0n) is 42.0. The Labute approximate surface area is 426 Å². The van der Waals surface area contributed by atoms with Gasteiger partial charge in [0.05, 0.1) is 22.4 Å². The molecule has 0 saturated carbocycles. The summed E-state index contributed by atoms with van der Waals surface area (Å²) in [6.07, 6.45) is 1.78. The first-order valence-electron chi connectivity index (χ1n) is 24.3. The van der Waals surface area contributed by atoms with Gasteiger partial charge in [-0.25, -0.2) is 0 Å². The maximum atomic E-state index is 12.8. The van der Waals surface area contributed by atoms with Crippen LogP contribution in [0.3, 0.4) is 0 Å². The van der Waals surface area contributed by atoms with Crippen molar-refractivity contribution in [1.29, 1.82) is 0 Å². The first-order valence-corrected chi connectivity index (χ1v) is 24.3. The van der Waals surface area contributed by atoms with Crippen molar-refractivity contribution >= 4 is 33.0 Å². The van der Waals surface area contributed by atoms with Crippen LogP contribution >= 0.6 is 0 Å². The van der Waals surface area contributed by atoms with Crippen LogP contribution in [0.4, 0.5) is 4.39 Å². The van der Waals surface area contributed by atoms with Crippen molar-refractivity contribution in [2.24, 2.45) is 0 Å². The summed E-state index contributed by atoms with van der Waals surface area (Å²) in [4.78, 5) is 9.63. The molecule has 6 heteroatoms. The van der Waals surface area contributed by atoms with Gasteiger partial charge in [-0.3, -0.25) is 9.37 Å². The molecule has 3 heterocycles. The summed E-state index contributed by atoms with van der Waals surface area (Å²) < 4.78 is 21.8. The van der Waals surface area contributed by atoms with Crippen LogP contribution in [0.1, 0.15) is 116 Å². The van der Waals surface area contributed by atoms with E-state index in [0.717, 1.165) is 55.6 Å². The van der Waals surface area contributed by atoms with Crippen molar-refractivity contribution in [3.05, 3.63) is 198 Å². The van der Waals surface area contributed by atoms with E-state index in [1.807, 2.05) is 30.3 Å². The summed E-state index contributed by atoms with van der Waals surface area (Å²) in [5.41, 5.74) is 19.3. The van der Waals surface area contributed by atoms with Crippen LogP contribution in [-0.4, -0.2) is 14.5 Å². The average Bonchev–Trinajstić information content (AvgIpc) is 3.92. The number of imidazole rings is 1. The molecule has 0 spiro atoms. The SMILES string of the molecule is CC(C)(C)c1ccnc(-c2[c-]cc(F)cc2)c1.CC(C)c1cc(-c2ccc3c(c2)C(C)(C)C(C)(C)c2ccccc2-3)cc(C(C)C)c1-n1c(-c2[c-]ccc3c2oc2ccccc23)nc2ccccc21.[Ir]. The third-order valence-electron chi connectivity index (χ3n) is 14.9. The molecular formula is C64H60FIrN3O-2. The third-order valence-corrected chi connectivity index (χ3v) is 14.9. The van der Waals surface area contributed by atoms with E-state index in [9.17, 15) is 4.39 Å². The fourth-order valence-corrected chi connectivity index (χ4v) is 10.3. The van der Waals surface area contributed by atoms with Crippen molar-refractivity contribution in [2.75, 3.05) is 0 Å². The van der Waals surface area contributed by atoms with Crippen molar-refractivity contribution in [3.63, 3.8) is 0 Å². The Morgan fingerprint density at radius 3 is 2.04 bits per heavy atom. The topological polar surface area (TPSA) is 43.9 Å². The summed E-state index contributed by atoms with van der Waals surface area (Å²) in [7, 11) is 0. The summed E-state index contributed by atoms with van der Waals surface area (Å²) in [5.74, 6) is 1.08. The number of hydrogen-bond acceptors (Lipinski definition) is 3. The normalized spacial score (nSPS) is 13.8. The molecule has 3 aromatic heterocycles. The van der Waals surface area contributed by atoms with Gasteiger partial charge in [0, 0.05) is 43.2 Å². The number of rotatable bonds is 6. The van der Waals surface area contributed by atoms with E-state index in [2.05, 4.69) is 195 Å². The molecule has 4 nitrogen and oxygen atoms in total. The zero-order chi connectivity index (χ0) is 48.6. The second kappa shape index (κ2) is 18.4. The van der Waals surface area contributed by atoms with Gasteiger partial charge in [-0.15, -0.1) is 48.0 Å². The fourth-order valence-electron chi connectivity index (χ4n) is 10.3. The maximum absolute atomic E-state index is 12.8. The van der Waals surface area contributed by atoms with Gasteiger partial charge in [0.15, 0.2) is 0 Å². The molecule has 1 radical (unpaired) electrons. The van der Waals surface area contributed by atoms with E-state index in [4.69, 9.17) is 9.40 Å². The Kier molecular flexibility index (Phi) is 12.7. The van der Waals surface area contributed by atoms with Gasteiger partial charge < -0.3 is 14.0 Å². The quantitative estimate of drug-likeness (QED) is 0.156.